The van der Waals surface area contributed by atoms with Crippen molar-refractivity contribution < 1.29 is 0 Å². The molecule has 1 heterocycles. The van der Waals surface area contributed by atoms with Crippen molar-refractivity contribution in [2.45, 2.75) is 39.0 Å². The predicted molar refractivity (Wildman–Crippen MR) is 98.3 cm³/mol. The van der Waals surface area contributed by atoms with E-state index in [1.54, 1.807) is 6.07 Å². The van der Waals surface area contributed by atoms with Gasteiger partial charge in [-0.25, -0.2) is 4.98 Å². The number of anilines is 2. The summed E-state index contributed by atoms with van der Waals surface area (Å²) in [4.78, 5) is 8.30. The van der Waals surface area contributed by atoms with E-state index in [4.69, 9.17) is 46.3 Å². The van der Waals surface area contributed by atoms with Crippen LogP contribution in [0.2, 0.25) is 15.1 Å². The minimum absolute atomic E-state index is 0.227. The Kier molecular flexibility index (Phi) is 6.33. The number of aromatic nitrogens is 2. The maximum absolute atomic E-state index is 6.19. The molecule has 0 fully saturated rings. The van der Waals surface area contributed by atoms with Crippen LogP contribution in [-0.4, -0.2) is 9.97 Å². The lowest BCUT2D eigenvalue weighted by atomic mass is 10.0. The van der Waals surface area contributed by atoms with Gasteiger partial charge in [0.1, 0.15) is 5.82 Å². The summed E-state index contributed by atoms with van der Waals surface area (Å²) in [6.07, 6.45) is 4.32. The van der Waals surface area contributed by atoms with Gasteiger partial charge in [-0.1, -0.05) is 41.7 Å². The van der Waals surface area contributed by atoms with Crippen LogP contribution in [0, 0.1) is 0 Å². The SMILES string of the molecule is CCc1nc(N)nc(N)c1CCCCc1cc(Cl)c(Cl)cc1Cl. The zero-order valence-electron chi connectivity index (χ0n) is 12.9. The standard InChI is InChI=1S/C16H19Cl3N4/c1-2-14-10(15(20)23-16(21)22-14)6-4-3-5-9-7-12(18)13(19)8-11(9)17/h7-8H,2-6H2,1H3,(H4,20,21,22,23). The molecule has 0 aliphatic heterocycles. The summed E-state index contributed by atoms with van der Waals surface area (Å²) < 4.78 is 0. The molecule has 23 heavy (non-hydrogen) atoms. The molecule has 0 aliphatic rings. The number of hydrogen-bond donors (Lipinski definition) is 2. The highest BCUT2D eigenvalue weighted by Gasteiger charge is 2.10. The van der Waals surface area contributed by atoms with Gasteiger partial charge in [0.2, 0.25) is 5.95 Å². The Labute approximate surface area is 151 Å². The smallest absolute Gasteiger partial charge is 0.222 e. The van der Waals surface area contributed by atoms with Crippen molar-refractivity contribution in [1.82, 2.24) is 9.97 Å². The first-order chi connectivity index (χ1) is 10.9. The van der Waals surface area contributed by atoms with Crippen LogP contribution in [0.25, 0.3) is 0 Å². The van der Waals surface area contributed by atoms with E-state index in [0.29, 0.717) is 20.9 Å². The molecule has 2 aromatic rings. The van der Waals surface area contributed by atoms with E-state index >= 15 is 0 Å². The molecule has 0 saturated heterocycles. The van der Waals surface area contributed by atoms with Gasteiger partial charge in [0, 0.05) is 10.6 Å². The summed E-state index contributed by atoms with van der Waals surface area (Å²) in [6, 6.07) is 3.51. The van der Waals surface area contributed by atoms with Crippen LogP contribution in [0.4, 0.5) is 11.8 Å². The number of nitrogens with zero attached hydrogens (tertiary/aromatic N) is 2. The lowest BCUT2D eigenvalue weighted by molar-refractivity contribution is 0.725. The Morgan fingerprint density at radius 3 is 2.26 bits per heavy atom. The van der Waals surface area contributed by atoms with Gasteiger partial charge in [-0.05, 0) is 49.8 Å². The van der Waals surface area contributed by atoms with Gasteiger partial charge < -0.3 is 11.5 Å². The molecule has 0 spiro atoms. The first kappa shape index (κ1) is 18.1. The zero-order valence-corrected chi connectivity index (χ0v) is 15.1. The van der Waals surface area contributed by atoms with Gasteiger partial charge in [-0.2, -0.15) is 4.98 Å². The van der Waals surface area contributed by atoms with Crippen LogP contribution in [0.15, 0.2) is 12.1 Å². The molecule has 7 heteroatoms. The molecule has 124 valence electrons. The molecule has 1 aromatic carbocycles. The van der Waals surface area contributed by atoms with Crippen LogP contribution < -0.4 is 11.5 Å². The Morgan fingerprint density at radius 1 is 0.913 bits per heavy atom. The van der Waals surface area contributed by atoms with E-state index in [2.05, 4.69) is 9.97 Å². The third-order valence-electron chi connectivity index (χ3n) is 3.69. The third-order valence-corrected chi connectivity index (χ3v) is 4.76. The number of hydrogen-bond acceptors (Lipinski definition) is 4. The number of nitrogens with two attached hydrogens (primary N) is 2. The highest BCUT2D eigenvalue weighted by molar-refractivity contribution is 6.43. The highest BCUT2D eigenvalue weighted by Crippen LogP contribution is 2.30. The quantitative estimate of drug-likeness (QED) is 0.567. The van der Waals surface area contributed by atoms with E-state index in [-0.39, 0.29) is 5.95 Å². The zero-order chi connectivity index (χ0) is 17.0. The first-order valence-corrected chi connectivity index (χ1v) is 8.60. The minimum Gasteiger partial charge on any atom is -0.383 e. The van der Waals surface area contributed by atoms with Crippen molar-refractivity contribution in [3.63, 3.8) is 0 Å². The Balaban J connectivity index is 1.98. The molecule has 4 N–H and O–H groups in total. The third kappa shape index (κ3) is 4.63. The molecule has 0 atom stereocenters. The predicted octanol–water partition coefficient (Wildman–Crippen LogP) is 4.73. The maximum atomic E-state index is 6.19. The summed E-state index contributed by atoms with van der Waals surface area (Å²) >= 11 is 18.2. The number of halogens is 3. The lowest BCUT2D eigenvalue weighted by Crippen LogP contribution is -2.09. The maximum Gasteiger partial charge on any atom is 0.222 e. The molecule has 1 aromatic heterocycles. The minimum atomic E-state index is 0.227. The number of unbranched alkanes of at least 4 members (excludes halogenated alkanes) is 1. The molecular formula is C16H19Cl3N4. The number of rotatable bonds is 6. The van der Waals surface area contributed by atoms with E-state index in [1.807, 2.05) is 13.0 Å². The molecule has 0 unspecified atom stereocenters. The lowest BCUT2D eigenvalue weighted by Gasteiger charge is -2.11. The van der Waals surface area contributed by atoms with Gasteiger partial charge in [0.05, 0.1) is 15.7 Å². The van der Waals surface area contributed by atoms with Gasteiger partial charge in [-0.15, -0.1) is 0 Å². The van der Waals surface area contributed by atoms with E-state index in [0.717, 1.165) is 48.9 Å². The molecule has 0 radical (unpaired) electrons. The second kappa shape index (κ2) is 8.04. The van der Waals surface area contributed by atoms with Crippen LogP contribution in [-0.2, 0) is 19.3 Å². The molecule has 0 aliphatic carbocycles. The fourth-order valence-electron chi connectivity index (χ4n) is 2.51. The number of aryl methyl sites for hydroxylation is 2. The van der Waals surface area contributed by atoms with Crippen molar-refractivity contribution in [2.75, 3.05) is 11.5 Å². The Hall–Kier alpha value is -1.23. The molecule has 0 amide bonds. The summed E-state index contributed by atoms with van der Waals surface area (Å²) in [7, 11) is 0. The second-order valence-corrected chi connectivity index (χ2v) is 6.53. The Bertz CT molecular complexity index is 704. The first-order valence-electron chi connectivity index (χ1n) is 7.46. The highest BCUT2D eigenvalue weighted by atomic mass is 35.5. The second-order valence-electron chi connectivity index (χ2n) is 5.31. The van der Waals surface area contributed by atoms with Crippen molar-refractivity contribution in [1.29, 1.82) is 0 Å². The molecule has 0 saturated carbocycles. The van der Waals surface area contributed by atoms with Gasteiger partial charge >= 0.3 is 0 Å². The average Bonchev–Trinajstić information content (AvgIpc) is 2.49. The normalized spacial score (nSPS) is 11.0. The molecular weight excluding hydrogens is 355 g/mol. The van der Waals surface area contributed by atoms with Gasteiger partial charge in [0.25, 0.3) is 0 Å². The van der Waals surface area contributed by atoms with Crippen LogP contribution in [0.3, 0.4) is 0 Å². The van der Waals surface area contributed by atoms with E-state index < -0.39 is 0 Å². The van der Waals surface area contributed by atoms with Crippen LogP contribution in [0.1, 0.15) is 36.6 Å². The summed E-state index contributed by atoms with van der Waals surface area (Å²) in [5.41, 5.74) is 14.5. The largest absolute Gasteiger partial charge is 0.383 e. The summed E-state index contributed by atoms with van der Waals surface area (Å²) in [5, 5.41) is 1.64. The average molecular weight is 374 g/mol. The van der Waals surface area contributed by atoms with Crippen molar-refractivity contribution in [3.05, 3.63) is 44.0 Å². The van der Waals surface area contributed by atoms with Crippen LogP contribution >= 0.6 is 34.8 Å². The van der Waals surface area contributed by atoms with E-state index in [9.17, 15) is 0 Å². The molecule has 4 nitrogen and oxygen atoms in total. The Morgan fingerprint density at radius 2 is 1.57 bits per heavy atom. The van der Waals surface area contributed by atoms with Crippen molar-refractivity contribution >= 4 is 46.6 Å². The van der Waals surface area contributed by atoms with Crippen molar-refractivity contribution in [3.8, 4) is 0 Å². The monoisotopic (exact) mass is 372 g/mol. The summed E-state index contributed by atoms with van der Waals surface area (Å²) in [6.45, 7) is 2.03. The summed E-state index contributed by atoms with van der Waals surface area (Å²) in [5.74, 6) is 0.701. The molecule has 2 rings (SSSR count). The van der Waals surface area contributed by atoms with E-state index in [1.165, 1.54) is 0 Å². The fourth-order valence-corrected chi connectivity index (χ4v) is 3.17. The fraction of sp³-hybridized carbons (Fsp3) is 0.375. The topological polar surface area (TPSA) is 77.8 Å². The van der Waals surface area contributed by atoms with Gasteiger partial charge in [-0.3, -0.25) is 0 Å². The van der Waals surface area contributed by atoms with Crippen molar-refractivity contribution in [2.24, 2.45) is 0 Å². The molecule has 0 bridgehead atoms. The van der Waals surface area contributed by atoms with Gasteiger partial charge in [0.15, 0.2) is 0 Å². The number of nitrogen functional groups attached to an aromatic ring is 2. The number of benzene rings is 1. The van der Waals surface area contributed by atoms with Crippen LogP contribution in [0.5, 0.6) is 0 Å².